The van der Waals surface area contributed by atoms with Gasteiger partial charge in [-0.15, -0.1) is 0 Å². The van der Waals surface area contributed by atoms with Crippen LogP contribution in [0.1, 0.15) is 64.2 Å². The number of piperazine rings is 1. The van der Waals surface area contributed by atoms with Crippen LogP contribution in [0.4, 0.5) is 17.8 Å². The summed E-state index contributed by atoms with van der Waals surface area (Å²) < 4.78 is 11.1. The highest BCUT2D eigenvalue weighted by Gasteiger charge is 2.24. The molecule has 13 heteroatoms. The zero-order chi connectivity index (χ0) is 27.5. The van der Waals surface area contributed by atoms with Crippen LogP contribution in [0.3, 0.4) is 0 Å². The Labute approximate surface area is 233 Å². The molecule has 1 aliphatic heterocycles. The van der Waals surface area contributed by atoms with Crippen LogP contribution in [0.25, 0.3) is 0 Å². The Balaban J connectivity index is 1.09. The summed E-state index contributed by atoms with van der Waals surface area (Å²) in [4.78, 5) is 35.6. The molecule has 0 aromatic carbocycles. The van der Waals surface area contributed by atoms with Gasteiger partial charge in [0.1, 0.15) is 0 Å². The molecule has 2 aliphatic carbocycles. The predicted octanol–water partition coefficient (Wildman–Crippen LogP) is 1.87. The summed E-state index contributed by atoms with van der Waals surface area (Å²) in [5, 5.41) is 10.8. The summed E-state index contributed by atoms with van der Waals surface area (Å²) in [5.41, 5.74) is 5.99. The molecule has 0 atom stereocenters. The van der Waals surface area contributed by atoms with Gasteiger partial charge in [-0.1, -0.05) is 19.3 Å². The number of nitrogens with two attached hydrogens (primary N) is 1. The fourth-order valence-electron chi connectivity index (χ4n) is 6.05. The van der Waals surface area contributed by atoms with Gasteiger partial charge in [0.25, 0.3) is 0 Å². The predicted molar refractivity (Wildman–Crippen MR) is 156 cm³/mol. The van der Waals surface area contributed by atoms with Crippen molar-refractivity contribution in [3.63, 3.8) is 0 Å². The lowest BCUT2D eigenvalue weighted by molar-refractivity contribution is 0.263. The summed E-state index contributed by atoms with van der Waals surface area (Å²) >= 11 is 0. The Hall–Kier alpha value is -1.56. The Kier molecular flexibility index (Phi) is 12.0. The number of hydrogen-bond acceptors (Lipinski definition) is 10. The van der Waals surface area contributed by atoms with Gasteiger partial charge in [0.2, 0.25) is 17.8 Å². The van der Waals surface area contributed by atoms with E-state index in [1.807, 2.05) is 0 Å². The number of nitrogen functional groups attached to an aromatic ring is 1. The van der Waals surface area contributed by atoms with E-state index in [-0.39, 0.29) is 12.1 Å². The van der Waals surface area contributed by atoms with Gasteiger partial charge in [-0.3, -0.25) is 9.46 Å². The zero-order valence-corrected chi connectivity index (χ0v) is 24.3. The minimum Gasteiger partial charge on any atom is -0.368 e. The van der Waals surface area contributed by atoms with Gasteiger partial charge in [-0.05, 0) is 76.4 Å². The molecule has 222 valence electrons. The van der Waals surface area contributed by atoms with Crippen molar-refractivity contribution in [3.8, 4) is 0 Å². The molecule has 0 bridgehead atoms. The van der Waals surface area contributed by atoms with Crippen molar-refractivity contribution in [1.82, 2.24) is 30.5 Å². The molecule has 4 rings (SSSR count). The monoisotopic (exact) mass is 567 g/mol. The van der Waals surface area contributed by atoms with Gasteiger partial charge >= 0.3 is 7.60 Å². The van der Waals surface area contributed by atoms with E-state index in [1.54, 1.807) is 0 Å². The third kappa shape index (κ3) is 11.1. The van der Waals surface area contributed by atoms with E-state index in [0.29, 0.717) is 50.5 Å². The molecule has 12 nitrogen and oxygen atoms in total. The van der Waals surface area contributed by atoms with Gasteiger partial charge in [0.05, 0.1) is 6.16 Å². The first-order valence-corrected chi connectivity index (χ1v) is 16.9. The van der Waals surface area contributed by atoms with E-state index >= 15 is 0 Å². The maximum absolute atomic E-state index is 11.1. The van der Waals surface area contributed by atoms with Crippen molar-refractivity contribution in [2.75, 3.05) is 81.0 Å². The number of nitrogens with one attached hydrogen (secondary N) is 3. The molecule has 2 saturated carbocycles. The van der Waals surface area contributed by atoms with Crippen molar-refractivity contribution >= 4 is 25.4 Å². The molecule has 0 amide bonds. The third-order valence-corrected chi connectivity index (χ3v) is 9.30. The van der Waals surface area contributed by atoms with Crippen molar-refractivity contribution in [2.24, 2.45) is 11.8 Å². The number of hydrogen-bond donors (Lipinski definition) is 6. The first-order chi connectivity index (χ1) is 18.8. The Morgan fingerprint density at radius 3 is 2.26 bits per heavy atom. The van der Waals surface area contributed by atoms with Crippen LogP contribution in [0, 0.1) is 11.8 Å². The summed E-state index contributed by atoms with van der Waals surface area (Å²) in [7, 11) is -3.97. The molecule has 7 N–H and O–H groups in total. The van der Waals surface area contributed by atoms with Crippen molar-refractivity contribution in [3.05, 3.63) is 0 Å². The zero-order valence-electron chi connectivity index (χ0n) is 23.4. The first kappa shape index (κ1) is 30.4. The van der Waals surface area contributed by atoms with Crippen molar-refractivity contribution in [2.45, 2.75) is 70.3 Å². The molecule has 1 saturated heterocycles. The summed E-state index contributed by atoms with van der Waals surface area (Å²) in [6.07, 6.45) is 13.0. The number of aromatic nitrogens is 3. The highest BCUT2D eigenvalue weighted by molar-refractivity contribution is 7.51. The van der Waals surface area contributed by atoms with Crippen LogP contribution in [0.5, 0.6) is 0 Å². The minimum absolute atomic E-state index is 0.115. The molecule has 0 radical (unpaired) electrons. The maximum Gasteiger partial charge on any atom is 0.326 e. The van der Waals surface area contributed by atoms with Crippen LogP contribution in [-0.2, 0) is 4.57 Å². The van der Waals surface area contributed by atoms with E-state index in [4.69, 9.17) is 15.5 Å². The van der Waals surface area contributed by atoms with Crippen LogP contribution in [0.15, 0.2) is 0 Å². The SMILES string of the molecule is Nc1nc(NC[C@H]2CC[C@H](CNCCCNC3CCCCC3)CC2)nc(N2CCN(CCP(=O)(O)O)CC2)n1. The number of anilines is 3. The Morgan fingerprint density at radius 1 is 0.872 bits per heavy atom. The fourth-order valence-corrected chi connectivity index (χ4v) is 6.60. The molecule has 0 unspecified atom stereocenters. The van der Waals surface area contributed by atoms with E-state index < -0.39 is 7.60 Å². The number of rotatable bonds is 14. The van der Waals surface area contributed by atoms with Gasteiger partial charge < -0.3 is 36.4 Å². The molecule has 1 aromatic rings. The number of nitrogens with zero attached hydrogens (tertiary/aromatic N) is 5. The standard InChI is InChI=1S/C26H50N9O3P/c27-24-31-25(33-26(32-24)35-15-13-34(14-16-35)17-18-39(36,37)38)30-20-22-9-7-21(8-10-22)19-28-11-4-12-29-23-5-2-1-3-6-23/h21-23,28-29H,1-20H2,(H2,36,37,38)(H3,27,30,31,32,33)/t21-,22-. The minimum atomic E-state index is -3.97. The van der Waals surface area contributed by atoms with Crippen LogP contribution in [0.2, 0.25) is 0 Å². The van der Waals surface area contributed by atoms with E-state index in [0.717, 1.165) is 38.1 Å². The summed E-state index contributed by atoms with van der Waals surface area (Å²) in [5.74, 6) is 2.66. The molecule has 2 heterocycles. The molecule has 0 spiro atoms. The van der Waals surface area contributed by atoms with Crippen LogP contribution < -0.4 is 26.6 Å². The van der Waals surface area contributed by atoms with E-state index in [9.17, 15) is 4.57 Å². The normalized spacial score (nSPS) is 23.7. The van der Waals surface area contributed by atoms with Crippen molar-refractivity contribution in [1.29, 1.82) is 0 Å². The molecule has 39 heavy (non-hydrogen) atoms. The molecular formula is C26H50N9O3P. The fraction of sp³-hybridized carbons (Fsp3) is 0.885. The second-order valence-electron chi connectivity index (χ2n) is 11.6. The lowest BCUT2D eigenvalue weighted by Gasteiger charge is -2.34. The highest BCUT2D eigenvalue weighted by atomic mass is 31.2. The summed E-state index contributed by atoms with van der Waals surface area (Å²) in [6, 6.07) is 0.758. The van der Waals surface area contributed by atoms with Crippen LogP contribution in [-0.4, -0.2) is 101 Å². The molecule has 1 aromatic heterocycles. The van der Waals surface area contributed by atoms with Gasteiger partial charge in [0.15, 0.2) is 0 Å². The summed E-state index contributed by atoms with van der Waals surface area (Å²) in [6.45, 7) is 7.35. The molecule has 3 fully saturated rings. The maximum atomic E-state index is 11.1. The quantitative estimate of drug-likeness (QED) is 0.143. The van der Waals surface area contributed by atoms with Crippen LogP contribution >= 0.6 is 7.60 Å². The molecule has 3 aliphatic rings. The Morgan fingerprint density at radius 2 is 1.56 bits per heavy atom. The smallest absolute Gasteiger partial charge is 0.326 e. The first-order valence-electron chi connectivity index (χ1n) is 15.1. The topological polar surface area (TPSA) is 165 Å². The average Bonchev–Trinajstić information content (AvgIpc) is 2.93. The largest absolute Gasteiger partial charge is 0.368 e. The lowest BCUT2D eigenvalue weighted by Crippen LogP contribution is -2.47. The highest BCUT2D eigenvalue weighted by Crippen LogP contribution is 2.34. The van der Waals surface area contributed by atoms with E-state index in [1.165, 1.54) is 64.2 Å². The lowest BCUT2D eigenvalue weighted by atomic mass is 9.82. The second kappa shape index (κ2) is 15.4. The third-order valence-electron chi connectivity index (χ3n) is 8.52. The Bertz CT molecular complexity index is 899. The van der Waals surface area contributed by atoms with Crippen molar-refractivity contribution < 1.29 is 14.4 Å². The van der Waals surface area contributed by atoms with Gasteiger partial charge in [-0.25, -0.2) is 0 Å². The molecular weight excluding hydrogens is 517 g/mol. The van der Waals surface area contributed by atoms with Gasteiger partial charge in [0, 0.05) is 45.3 Å². The van der Waals surface area contributed by atoms with E-state index in [2.05, 4.69) is 40.7 Å². The average molecular weight is 568 g/mol. The second-order valence-corrected chi connectivity index (χ2v) is 13.4. The van der Waals surface area contributed by atoms with Gasteiger partial charge in [-0.2, -0.15) is 15.0 Å².